The molecular weight excluding hydrogens is 324 g/mol. The molecule has 0 aliphatic rings. The quantitative estimate of drug-likeness (QED) is 0.274. The lowest BCUT2D eigenvalue weighted by Gasteiger charge is -2.06. The maximum atomic E-state index is 11.4. The number of unbranched alkanes of at least 4 members (excludes halogenated alkanes) is 1. The Bertz CT molecular complexity index is 406. The van der Waals surface area contributed by atoms with Crippen molar-refractivity contribution in [3.63, 3.8) is 0 Å². The van der Waals surface area contributed by atoms with Gasteiger partial charge in [-0.2, -0.15) is 0 Å². The van der Waals surface area contributed by atoms with Crippen molar-refractivity contribution in [2.24, 2.45) is 0 Å². The van der Waals surface area contributed by atoms with Gasteiger partial charge in [-0.1, -0.05) is 0 Å². The lowest BCUT2D eigenvalue weighted by atomic mass is 10.3. The van der Waals surface area contributed by atoms with Crippen LogP contribution in [-0.4, -0.2) is 62.5 Å². The van der Waals surface area contributed by atoms with Crippen molar-refractivity contribution in [1.82, 2.24) is 0 Å². The fourth-order valence-electron chi connectivity index (χ4n) is 1.44. The van der Waals surface area contributed by atoms with Crippen molar-refractivity contribution in [1.29, 1.82) is 0 Å². The van der Waals surface area contributed by atoms with E-state index in [2.05, 4.69) is 0 Å². The van der Waals surface area contributed by atoms with E-state index in [9.17, 15) is 19.2 Å². The van der Waals surface area contributed by atoms with Gasteiger partial charge in [-0.05, 0) is 12.8 Å². The maximum absolute atomic E-state index is 11.4. The van der Waals surface area contributed by atoms with E-state index in [1.807, 2.05) is 0 Å². The smallest absolute Gasteiger partial charge is 0.306 e. The van der Waals surface area contributed by atoms with E-state index in [0.29, 0.717) is 19.4 Å². The van der Waals surface area contributed by atoms with Crippen LogP contribution in [-0.2, 0) is 38.1 Å². The first kappa shape index (κ1) is 21.8. The third kappa shape index (κ3) is 14.8. The van der Waals surface area contributed by atoms with E-state index in [4.69, 9.17) is 24.1 Å². The van der Waals surface area contributed by atoms with Gasteiger partial charge >= 0.3 is 23.9 Å². The Morgan fingerprint density at radius 2 is 1.08 bits per heavy atom. The summed E-state index contributed by atoms with van der Waals surface area (Å²) >= 11 is 0. The number of hydrogen-bond donors (Lipinski definition) is 1. The Morgan fingerprint density at radius 1 is 0.667 bits per heavy atom. The molecule has 0 saturated carbocycles. The molecule has 1 N–H and O–H groups in total. The van der Waals surface area contributed by atoms with Gasteiger partial charge in [0.25, 0.3) is 0 Å². The van der Waals surface area contributed by atoms with Crippen molar-refractivity contribution in [2.75, 3.05) is 33.5 Å². The Labute approximate surface area is 140 Å². The minimum Gasteiger partial charge on any atom is -0.481 e. The van der Waals surface area contributed by atoms with Crippen molar-refractivity contribution in [3.05, 3.63) is 0 Å². The third-order valence-electron chi connectivity index (χ3n) is 2.69. The highest BCUT2D eigenvalue weighted by molar-refractivity contribution is 5.77. The van der Waals surface area contributed by atoms with E-state index in [1.54, 1.807) is 0 Å². The van der Waals surface area contributed by atoms with Crippen LogP contribution in [0.2, 0.25) is 0 Å². The summed E-state index contributed by atoms with van der Waals surface area (Å²) in [5.41, 5.74) is 0. The third-order valence-corrected chi connectivity index (χ3v) is 2.69. The highest BCUT2D eigenvalue weighted by atomic mass is 16.6. The lowest BCUT2D eigenvalue weighted by molar-refractivity contribution is -0.151. The molecule has 0 aliphatic carbocycles. The highest BCUT2D eigenvalue weighted by Gasteiger charge is 2.09. The minimum absolute atomic E-state index is 0.0518. The van der Waals surface area contributed by atoms with Gasteiger partial charge in [-0.15, -0.1) is 0 Å². The van der Waals surface area contributed by atoms with Crippen LogP contribution in [0.1, 0.15) is 38.5 Å². The zero-order valence-corrected chi connectivity index (χ0v) is 13.8. The number of carbonyl (C=O) groups is 4. The number of ether oxygens (including phenoxy) is 4. The molecule has 0 spiro atoms. The standard InChI is InChI=1S/C15H24O9/c1-21-10-11-24-15(20)7-6-14(19)23-9-3-2-8-22-13(18)5-4-12(16)17/h2-11H2,1H3,(H,16,17). The second-order valence-electron chi connectivity index (χ2n) is 4.76. The monoisotopic (exact) mass is 348 g/mol. The summed E-state index contributed by atoms with van der Waals surface area (Å²) in [6, 6.07) is 0. The van der Waals surface area contributed by atoms with Gasteiger partial charge in [0.05, 0.1) is 45.5 Å². The number of aliphatic carboxylic acids is 1. The van der Waals surface area contributed by atoms with E-state index < -0.39 is 23.9 Å². The molecule has 0 rings (SSSR count). The van der Waals surface area contributed by atoms with E-state index >= 15 is 0 Å². The second kappa shape index (κ2) is 14.4. The van der Waals surface area contributed by atoms with Crippen LogP contribution < -0.4 is 0 Å². The van der Waals surface area contributed by atoms with Crippen LogP contribution in [0, 0.1) is 0 Å². The summed E-state index contributed by atoms with van der Waals surface area (Å²) < 4.78 is 19.2. The molecule has 0 heterocycles. The van der Waals surface area contributed by atoms with E-state index in [-0.39, 0.29) is 45.5 Å². The summed E-state index contributed by atoms with van der Waals surface area (Å²) in [7, 11) is 1.49. The molecule has 0 saturated heterocycles. The largest absolute Gasteiger partial charge is 0.481 e. The molecule has 0 aromatic heterocycles. The Hall–Kier alpha value is -2.16. The number of hydrogen-bond acceptors (Lipinski definition) is 8. The first-order valence-corrected chi connectivity index (χ1v) is 7.63. The molecule has 0 aromatic carbocycles. The van der Waals surface area contributed by atoms with Crippen molar-refractivity contribution >= 4 is 23.9 Å². The van der Waals surface area contributed by atoms with Crippen molar-refractivity contribution < 1.29 is 43.2 Å². The molecule has 9 nitrogen and oxygen atoms in total. The normalized spacial score (nSPS) is 10.0. The van der Waals surface area contributed by atoms with Gasteiger partial charge in [0, 0.05) is 7.11 Å². The van der Waals surface area contributed by atoms with Gasteiger partial charge in [0.1, 0.15) is 6.61 Å². The predicted molar refractivity (Wildman–Crippen MR) is 80.1 cm³/mol. The molecule has 0 fully saturated rings. The number of methoxy groups -OCH3 is 1. The number of carboxylic acid groups (broad SMARTS) is 1. The van der Waals surface area contributed by atoms with Crippen LogP contribution in [0.5, 0.6) is 0 Å². The Morgan fingerprint density at radius 3 is 1.50 bits per heavy atom. The minimum atomic E-state index is -1.05. The Balaban J connectivity index is 3.47. The molecule has 9 heteroatoms. The van der Waals surface area contributed by atoms with Crippen LogP contribution in [0.3, 0.4) is 0 Å². The first-order valence-electron chi connectivity index (χ1n) is 7.63. The molecule has 0 radical (unpaired) electrons. The number of esters is 3. The van der Waals surface area contributed by atoms with Crippen molar-refractivity contribution in [2.45, 2.75) is 38.5 Å². The molecule has 0 unspecified atom stereocenters. The summed E-state index contributed by atoms with van der Waals surface area (Å²) in [6.07, 6.45) is 0.455. The van der Waals surface area contributed by atoms with Crippen LogP contribution in [0.25, 0.3) is 0 Å². The Kier molecular flexibility index (Phi) is 13.1. The second-order valence-corrected chi connectivity index (χ2v) is 4.76. The topological polar surface area (TPSA) is 125 Å². The molecule has 24 heavy (non-hydrogen) atoms. The van der Waals surface area contributed by atoms with Crippen LogP contribution in [0.15, 0.2) is 0 Å². The van der Waals surface area contributed by atoms with Gasteiger partial charge in [-0.3, -0.25) is 19.2 Å². The average molecular weight is 348 g/mol. The molecule has 0 bridgehead atoms. The van der Waals surface area contributed by atoms with Crippen LogP contribution in [0.4, 0.5) is 0 Å². The summed E-state index contributed by atoms with van der Waals surface area (Å²) in [5, 5.41) is 8.40. The van der Waals surface area contributed by atoms with Gasteiger partial charge < -0.3 is 24.1 Å². The van der Waals surface area contributed by atoms with E-state index in [0.717, 1.165) is 0 Å². The lowest BCUT2D eigenvalue weighted by Crippen LogP contribution is -2.13. The van der Waals surface area contributed by atoms with E-state index in [1.165, 1.54) is 7.11 Å². The first-order chi connectivity index (χ1) is 11.5. The summed E-state index contributed by atoms with van der Waals surface area (Å²) in [6.45, 7) is 0.749. The number of rotatable bonds is 14. The summed E-state index contributed by atoms with van der Waals surface area (Å²) in [5.74, 6) is -2.61. The fraction of sp³-hybridized carbons (Fsp3) is 0.733. The van der Waals surface area contributed by atoms with Crippen molar-refractivity contribution in [3.8, 4) is 0 Å². The molecule has 138 valence electrons. The fourth-order valence-corrected chi connectivity index (χ4v) is 1.44. The van der Waals surface area contributed by atoms with Gasteiger partial charge in [0.2, 0.25) is 0 Å². The molecular formula is C15H24O9. The predicted octanol–water partition coefficient (Wildman–Crippen LogP) is 0.688. The molecule has 0 atom stereocenters. The number of carbonyl (C=O) groups excluding carboxylic acids is 3. The van der Waals surface area contributed by atoms with Gasteiger partial charge in [-0.25, -0.2) is 0 Å². The zero-order chi connectivity index (χ0) is 18.2. The van der Waals surface area contributed by atoms with Crippen LogP contribution >= 0.6 is 0 Å². The number of carboxylic acids is 1. The maximum Gasteiger partial charge on any atom is 0.306 e. The SMILES string of the molecule is COCCOC(=O)CCC(=O)OCCCCOC(=O)CCC(=O)O. The molecule has 0 amide bonds. The summed E-state index contributed by atoms with van der Waals surface area (Å²) in [4.78, 5) is 44.0. The average Bonchev–Trinajstić information content (AvgIpc) is 2.54. The highest BCUT2D eigenvalue weighted by Crippen LogP contribution is 2.00. The van der Waals surface area contributed by atoms with Gasteiger partial charge in [0.15, 0.2) is 0 Å². The molecule has 0 aliphatic heterocycles. The molecule has 0 aromatic rings. The zero-order valence-electron chi connectivity index (χ0n) is 13.8.